The third-order valence-corrected chi connectivity index (χ3v) is 3.67. The van der Waals surface area contributed by atoms with Crippen LogP contribution < -0.4 is 5.73 Å². The summed E-state index contributed by atoms with van der Waals surface area (Å²) in [6, 6.07) is 2.06. The zero-order valence-corrected chi connectivity index (χ0v) is 11.8. The number of anilines is 1. The van der Waals surface area contributed by atoms with Gasteiger partial charge in [-0.1, -0.05) is 26.7 Å². The smallest absolute Gasteiger partial charge is 0.257 e. The maximum Gasteiger partial charge on any atom is 0.257 e. The van der Waals surface area contributed by atoms with Crippen LogP contribution in [0.5, 0.6) is 0 Å². The second-order valence-electron chi connectivity index (χ2n) is 5.75. The number of hydrogen-bond acceptors (Lipinski definition) is 3. The Labute approximate surface area is 115 Å². The SMILES string of the molecule is CC(C)CN(C(=O)c1cnccc1N)C1CCCC1. The van der Waals surface area contributed by atoms with E-state index in [1.54, 1.807) is 18.5 Å². The van der Waals surface area contributed by atoms with Crippen molar-refractivity contribution in [3.63, 3.8) is 0 Å². The Morgan fingerprint density at radius 1 is 1.47 bits per heavy atom. The Balaban J connectivity index is 2.22. The van der Waals surface area contributed by atoms with Crippen LogP contribution in [0.2, 0.25) is 0 Å². The topological polar surface area (TPSA) is 59.2 Å². The molecule has 2 rings (SSSR count). The number of rotatable bonds is 4. The molecule has 4 heteroatoms. The van der Waals surface area contributed by atoms with Gasteiger partial charge in [0, 0.05) is 30.7 Å². The molecule has 1 aliphatic carbocycles. The summed E-state index contributed by atoms with van der Waals surface area (Å²) < 4.78 is 0. The molecule has 1 saturated carbocycles. The molecule has 0 aromatic carbocycles. The second kappa shape index (κ2) is 6.04. The van der Waals surface area contributed by atoms with E-state index < -0.39 is 0 Å². The van der Waals surface area contributed by atoms with E-state index in [0.29, 0.717) is 23.2 Å². The molecular formula is C15H23N3O. The molecule has 0 bridgehead atoms. The lowest BCUT2D eigenvalue weighted by atomic mass is 10.1. The number of hydrogen-bond donors (Lipinski definition) is 1. The van der Waals surface area contributed by atoms with Crippen LogP contribution in [0.1, 0.15) is 49.9 Å². The first-order valence-electron chi connectivity index (χ1n) is 7.10. The van der Waals surface area contributed by atoms with Crippen LogP contribution in [0, 0.1) is 5.92 Å². The number of pyridine rings is 1. The molecule has 1 fully saturated rings. The summed E-state index contributed by atoms with van der Waals surface area (Å²) in [4.78, 5) is 18.7. The standard InChI is InChI=1S/C15H23N3O/c1-11(2)10-18(12-5-3-4-6-12)15(19)13-9-17-8-7-14(13)16/h7-9,11-12H,3-6,10H2,1-2H3,(H2,16,17). The van der Waals surface area contributed by atoms with Gasteiger partial charge in [0.2, 0.25) is 0 Å². The molecule has 0 aliphatic heterocycles. The Morgan fingerprint density at radius 3 is 2.74 bits per heavy atom. The normalized spacial score (nSPS) is 15.9. The molecule has 1 heterocycles. The molecule has 0 spiro atoms. The highest BCUT2D eigenvalue weighted by Crippen LogP contribution is 2.26. The number of nitrogen functional groups attached to an aromatic ring is 1. The Morgan fingerprint density at radius 2 is 2.16 bits per heavy atom. The predicted molar refractivity (Wildman–Crippen MR) is 76.8 cm³/mol. The van der Waals surface area contributed by atoms with E-state index >= 15 is 0 Å². The predicted octanol–water partition coefficient (Wildman–Crippen LogP) is 2.70. The molecule has 0 atom stereocenters. The maximum atomic E-state index is 12.7. The number of nitrogens with zero attached hydrogens (tertiary/aromatic N) is 2. The number of amides is 1. The summed E-state index contributed by atoms with van der Waals surface area (Å²) in [6.07, 6.45) is 7.86. The number of carbonyl (C=O) groups is 1. The van der Waals surface area contributed by atoms with Crippen molar-refractivity contribution in [1.29, 1.82) is 0 Å². The van der Waals surface area contributed by atoms with Gasteiger partial charge >= 0.3 is 0 Å². The fraction of sp³-hybridized carbons (Fsp3) is 0.600. The third-order valence-electron chi connectivity index (χ3n) is 3.67. The lowest BCUT2D eigenvalue weighted by Gasteiger charge is -2.31. The van der Waals surface area contributed by atoms with Gasteiger partial charge in [-0.3, -0.25) is 9.78 Å². The summed E-state index contributed by atoms with van der Waals surface area (Å²) in [7, 11) is 0. The van der Waals surface area contributed by atoms with Crippen LogP contribution >= 0.6 is 0 Å². The summed E-state index contributed by atoms with van der Waals surface area (Å²) >= 11 is 0. The van der Waals surface area contributed by atoms with Gasteiger partial charge in [-0.05, 0) is 24.8 Å². The van der Waals surface area contributed by atoms with Gasteiger partial charge in [0.05, 0.1) is 5.56 Å². The van der Waals surface area contributed by atoms with Gasteiger partial charge in [0.15, 0.2) is 0 Å². The monoisotopic (exact) mass is 261 g/mol. The van der Waals surface area contributed by atoms with E-state index in [-0.39, 0.29) is 5.91 Å². The van der Waals surface area contributed by atoms with E-state index in [1.807, 2.05) is 4.90 Å². The second-order valence-corrected chi connectivity index (χ2v) is 5.75. The first-order valence-corrected chi connectivity index (χ1v) is 7.10. The average Bonchev–Trinajstić information content (AvgIpc) is 2.89. The fourth-order valence-electron chi connectivity index (χ4n) is 2.75. The van der Waals surface area contributed by atoms with Gasteiger partial charge in [0.1, 0.15) is 0 Å². The lowest BCUT2D eigenvalue weighted by molar-refractivity contribution is 0.0656. The van der Waals surface area contributed by atoms with Crippen LogP contribution in [-0.2, 0) is 0 Å². The van der Waals surface area contributed by atoms with Crippen LogP contribution in [0.4, 0.5) is 5.69 Å². The maximum absolute atomic E-state index is 12.7. The third kappa shape index (κ3) is 3.25. The van der Waals surface area contributed by atoms with Crippen LogP contribution in [0.3, 0.4) is 0 Å². The zero-order valence-electron chi connectivity index (χ0n) is 11.8. The summed E-state index contributed by atoms with van der Waals surface area (Å²) in [5.41, 5.74) is 6.96. The molecule has 19 heavy (non-hydrogen) atoms. The van der Waals surface area contributed by atoms with Gasteiger partial charge < -0.3 is 10.6 Å². The molecule has 1 aromatic rings. The summed E-state index contributed by atoms with van der Waals surface area (Å²) in [5, 5.41) is 0. The van der Waals surface area contributed by atoms with Crippen molar-refractivity contribution in [2.75, 3.05) is 12.3 Å². The van der Waals surface area contributed by atoms with Gasteiger partial charge in [-0.2, -0.15) is 0 Å². The molecule has 0 radical (unpaired) electrons. The Kier molecular flexibility index (Phi) is 4.40. The van der Waals surface area contributed by atoms with Crippen molar-refractivity contribution in [2.45, 2.75) is 45.6 Å². The molecule has 104 valence electrons. The van der Waals surface area contributed by atoms with E-state index in [1.165, 1.54) is 12.8 Å². The molecule has 1 aromatic heterocycles. The van der Waals surface area contributed by atoms with Gasteiger partial charge in [0.25, 0.3) is 5.91 Å². The van der Waals surface area contributed by atoms with Crippen LogP contribution in [-0.4, -0.2) is 28.4 Å². The summed E-state index contributed by atoms with van der Waals surface area (Å²) in [5.74, 6) is 0.494. The zero-order chi connectivity index (χ0) is 13.8. The minimum absolute atomic E-state index is 0.0335. The van der Waals surface area contributed by atoms with Crippen LogP contribution in [0.15, 0.2) is 18.5 Å². The summed E-state index contributed by atoms with van der Waals surface area (Å²) in [6.45, 7) is 5.07. The van der Waals surface area contributed by atoms with Crippen molar-refractivity contribution in [2.24, 2.45) is 5.92 Å². The van der Waals surface area contributed by atoms with E-state index in [9.17, 15) is 4.79 Å². The van der Waals surface area contributed by atoms with E-state index in [2.05, 4.69) is 18.8 Å². The van der Waals surface area contributed by atoms with Crippen molar-refractivity contribution in [1.82, 2.24) is 9.88 Å². The Hall–Kier alpha value is -1.58. The largest absolute Gasteiger partial charge is 0.398 e. The van der Waals surface area contributed by atoms with Gasteiger partial charge in [-0.25, -0.2) is 0 Å². The minimum atomic E-state index is 0.0335. The number of aromatic nitrogens is 1. The molecule has 1 aliphatic rings. The highest BCUT2D eigenvalue weighted by molar-refractivity contribution is 5.98. The molecular weight excluding hydrogens is 238 g/mol. The van der Waals surface area contributed by atoms with Crippen molar-refractivity contribution in [3.8, 4) is 0 Å². The van der Waals surface area contributed by atoms with E-state index in [0.717, 1.165) is 19.4 Å². The van der Waals surface area contributed by atoms with Crippen LogP contribution in [0.25, 0.3) is 0 Å². The fourth-order valence-corrected chi connectivity index (χ4v) is 2.75. The van der Waals surface area contributed by atoms with Crippen molar-refractivity contribution >= 4 is 11.6 Å². The van der Waals surface area contributed by atoms with E-state index in [4.69, 9.17) is 5.73 Å². The first-order chi connectivity index (χ1) is 9.09. The average molecular weight is 261 g/mol. The first kappa shape index (κ1) is 13.8. The molecule has 1 amide bonds. The molecule has 0 saturated heterocycles. The Bertz CT molecular complexity index is 439. The molecule has 0 unspecified atom stereocenters. The van der Waals surface area contributed by atoms with Crippen molar-refractivity contribution < 1.29 is 4.79 Å². The van der Waals surface area contributed by atoms with Crippen molar-refractivity contribution in [3.05, 3.63) is 24.0 Å². The molecule has 4 nitrogen and oxygen atoms in total. The van der Waals surface area contributed by atoms with Gasteiger partial charge in [-0.15, -0.1) is 0 Å². The lowest BCUT2D eigenvalue weighted by Crippen LogP contribution is -2.41. The number of carbonyl (C=O) groups excluding carboxylic acids is 1. The molecule has 2 N–H and O–H groups in total. The quantitative estimate of drug-likeness (QED) is 0.906. The number of nitrogens with two attached hydrogens (primary N) is 1. The minimum Gasteiger partial charge on any atom is -0.398 e. The highest BCUT2D eigenvalue weighted by atomic mass is 16.2. The highest BCUT2D eigenvalue weighted by Gasteiger charge is 2.28.